The highest BCUT2D eigenvalue weighted by atomic mass is 15.2. The Kier molecular flexibility index (Phi) is 3.39. The Balaban J connectivity index is 1.96. The van der Waals surface area contributed by atoms with Crippen molar-refractivity contribution in [3.05, 3.63) is 18.0 Å². The first-order chi connectivity index (χ1) is 7.65. The first-order valence-corrected chi connectivity index (χ1v) is 5.89. The van der Waals surface area contributed by atoms with Crippen molar-refractivity contribution in [2.75, 3.05) is 25.5 Å². The minimum absolute atomic E-state index is 0.499. The zero-order valence-electron chi connectivity index (χ0n) is 10.3. The van der Waals surface area contributed by atoms with Gasteiger partial charge in [-0.3, -0.25) is 0 Å². The number of aryl methyl sites for hydroxylation is 1. The summed E-state index contributed by atoms with van der Waals surface area (Å²) in [5.74, 6) is 1.40. The molecule has 0 bridgehead atoms. The molecule has 1 aliphatic rings. The SMILES string of the molecule is Cc1cnc(NC2CCN(C)CC2C)nc1. The van der Waals surface area contributed by atoms with Gasteiger partial charge in [-0.25, -0.2) is 9.97 Å². The average molecular weight is 220 g/mol. The molecule has 1 aromatic rings. The molecule has 0 saturated carbocycles. The maximum atomic E-state index is 4.29. The maximum Gasteiger partial charge on any atom is 0.222 e. The van der Waals surface area contributed by atoms with E-state index in [1.807, 2.05) is 19.3 Å². The number of aromatic nitrogens is 2. The number of likely N-dealkylation sites (tertiary alicyclic amines) is 1. The first-order valence-electron chi connectivity index (χ1n) is 5.89. The zero-order valence-corrected chi connectivity index (χ0v) is 10.3. The summed E-state index contributed by atoms with van der Waals surface area (Å²) in [6.07, 6.45) is 4.87. The minimum atomic E-state index is 0.499. The Labute approximate surface area is 97.1 Å². The van der Waals surface area contributed by atoms with Crippen LogP contribution in [0.3, 0.4) is 0 Å². The van der Waals surface area contributed by atoms with E-state index in [-0.39, 0.29) is 0 Å². The van der Waals surface area contributed by atoms with Crippen molar-refractivity contribution in [2.45, 2.75) is 26.3 Å². The standard InChI is InChI=1S/C12H20N4/c1-9-6-13-12(14-7-9)15-11-4-5-16(3)8-10(11)2/h6-7,10-11H,4-5,8H2,1-3H3,(H,13,14,15). The highest BCUT2D eigenvalue weighted by Crippen LogP contribution is 2.18. The largest absolute Gasteiger partial charge is 0.351 e. The van der Waals surface area contributed by atoms with Crippen LogP contribution in [0.5, 0.6) is 0 Å². The quantitative estimate of drug-likeness (QED) is 0.821. The fourth-order valence-corrected chi connectivity index (χ4v) is 2.20. The average Bonchev–Trinajstić information content (AvgIpc) is 2.25. The summed E-state index contributed by atoms with van der Waals surface area (Å²) in [6, 6.07) is 0.499. The van der Waals surface area contributed by atoms with Crippen LogP contribution in [-0.4, -0.2) is 41.0 Å². The van der Waals surface area contributed by atoms with Gasteiger partial charge < -0.3 is 10.2 Å². The highest BCUT2D eigenvalue weighted by molar-refractivity contribution is 5.26. The Bertz CT molecular complexity index is 335. The third kappa shape index (κ3) is 2.70. The van der Waals surface area contributed by atoms with Crippen molar-refractivity contribution in [2.24, 2.45) is 5.92 Å². The lowest BCUT2D eigenvalue weighted by Crippen LogP contribution is -2.43. The van der Waals surface area contributed by atoms with Gasteiger partial charge in [0.1, 0.15) is 0 Å². The molecule has 2 unspecified atom stereocenters. The van der Waals surface area contributed by atoms with Crippen molar-refractivity contribution in [1.29, 1.82) is 0 Å². The van der Waals surface area contributed by atoms with Gasteiger partial charge in [0.2, 0.25) is 5.95 Å². The second-order valence-electron chi connectivity index (χ2n) is 4.86. The number of nitrogens with one attached hydrogen (secondary N) is 1. The molecule has 0 amide bonds. The predicted molar refractivity (Wildman–Crippen MR) is 65.5 cm³/mol. The third-order valence-electron chi connectivity index (χ3n) is 3.20. The first kappa shape index (κ1) is 11.3. The summed E-state index contributed by atoms with van der Waals surface area (Å²) in [5, 5.41) is 3.43. The molecule has 2 rings (SSSR count). The highest BCUT2D eigenvalue weighted by Gasteiger charge is 2.24. The molecule has 1 aliphatic heterocycles. The van der Waals surface area contributed by atoms with Crippen LogP contribution in [0.15, 0.2) is 12.4 Å². The van der Waals surface area contributed by atoms with Crippen molar-refractivity contribution < 1.29 is 0 Å². The van der Waals surface area contributed by atoms with Crippen molar-refractivity contribution in [3.63, 3.8) is 0 Å². The smallest absolute Gasteiger partial charge is 0.222 e. The van der Waals surface area contributed by atoms with Crippen LogP contribution in [0.2, 0.25) is 0 Å². The molecule has 1 N–H and O–H groups in total. The minimum Gasteiger partial charge on any atom is -0.351 e. The van der Waals surface area contributed by atoms with Crippen LogP contribution in [0, 0.1) is 12.8 Å². The summed E-state index contributed by atoms with van der Waals surface area (Å²) in [4.78, 5) is 11.0. The molecule has 4 nitrogen and oxygen atoms in total. The summed E-state index contributed by atoms with van der Waals surface area (Å²) < 4.78 is 0. The lowest BCUT2D eigenvalue weighted by molar-refractivity contribution is 0.206. The second kappa shape index (κ2) is 4.78. The molecule has 2 atom stereocenters. The molecule has 1 fully saturated rings. The molecular weight excluding hydrogens is 200 g/mol. The predicted octanol–water partition coefficient (Wildman–Crippen LogP) is 1.54. The number of rotatable bonds is 2. The maximum absolute atomic E-state index is 4.29. The second-order valence-corrected chi connectivity index (χ2v) is 4.86. The van der Waals surface area contributed by atoms with Gasteiger partial charge >= 0.3 is 0 Å². The van der Waals surface area contributed by atoms with Gasteiger partial charge in [-0.1, -0.05) is 6.92 Å². The van der Waals surface area contributed by atoms with Gasteiger partial charge in [0.25, 0.3) is 0 Å². The topological polar surface area (TPSA) is 41.1 Å². The molecule has 16 heavy (non-hydrogen) atoms. The fraction of sp³-hybridized carbons (Fsp3) is 0.667. The molecule has 0 aromatic carbocycles. The van der Waals surface area contributed by atoms with Crippen LogP contribution >= 0.6 is 0 Å². The van der Waals surface area contributed by atoms with Crippen molar-refractivity contribution in [1.82, 2.24) is 14.9 Å². The normalized spacial score (nSPS) is 26.7. The van der Waals surface area contributed by atoms with Crippen LogP contribution in [0.1, 0.15) is 18.9 Å². The molecule has 1 aromatic heterocycles. The summed E-state index contributed by atoms with van der Waals surface area (Å²) in [6.45, 7) is 6.57. The van der Waals surface area contributed by atoms with Gasteiger partial charge in [0.05, 0.1) is 0 Å². The van der Waals surface area contributed by atoms with Gasteiger partial charge in [0.15, 0.2) is 0 Å². The Morgan fingerprint density at radius 3 is 2.69 bits per heavy atom. The van der Waals surface area contributed by atoms with Gasteiger partial charge in [-0.05, 0) is 38.4 Å². The molecule has 88 valence electrons. The van der Waals surface area contributed by atoms with E-state index in [9.17, 15) is 0 Å². The fourth-order valence-electron chi connectivity index (χ4n) is 2.20. The lowest BCUT2D eigenvalue weighted by Gasteiger charge is -2.35. The molecule has 4 heteroatoms. The summed E-state index contributed by atoms with van der Waals surface area (Å²) in [7, 11) is 2.18. The monoisotopic (exact) mass is 220 g/mol. The van der Waals surface area contributed by atoms with E-state index in [2.05, 4.69) is 34.2 Å². The third-order valence-corrected chi connectivity index (χ3v) is 3.20. The Morgan fingerprint density at radius 2 is 2.06 bits per heavy atom. The van der Waals surface area contributed by atoms with Gasteiger partial charge in [0, 0.05) is 25.0 Å². The van der Waals surface area contributed by atoms with E-state index in [0.717, 1.165) is 31.0 Å². The Morgan fingerprint density at radius 1 is 1.38 bits per heavy atom. The Hall–Kier alpha value is -1.16. The molecule has 2 heterocycles. The van der Waals surface area contributed by atoms with E-state index < -0.39 is 0 Å². The zero-order chi connectivity index (χ0) is 11.5. The molecule has 1 saturated heterocycles. The van der Waals surface area contributed by atoms with E-state index in [0.29, 0.717) is 12.0 Å². The van der Waals surface area contributed by atoms with Crippen LogP contribution in [0.25, 0.3) is 0 Å². The van der Waals surface area contributed by atoms with Crippen LogP contribution in [-0.2, 0) is 0 Å². The molecule has 0 radical (unpaired) electrons. The summed E-state index contributed by atoms with van der Waals surface area (Å²) in [5.41, 5.74) is 1.10. The van der Waals surface area contributed by atoms with E-state index in [1.165, 1.54) is 0 Å². The van der Waals surface area contributed by atoms with Crippen molar-refractivity contribution >= 4 is 5.95 Å². The van der Waals surface area contributed by atoms with Crippen LogP contribution in [0.4, 0.5) is 5.95 Å². The number of anilines is 1. The molecule has 0 aliphatic carbocycles. The van der Waals surface area contributed by atoms with E-state index in [4.69, 9.17) is 0 Å². The summed E-state index contributed by atoms with van der Waals surface area (Å²) >= 11 is 0. The van der Waals surface area contributed by atoms with E-state index in [1.54, 1.807) is 0 Å². The molecular formula is C12H20N4. The number of hydrogen-bond acceptors (Lipinski definition) is 4. The number of piperidine rings is 1. The van der Waals surface area contributed by atoms with Gasteiger partial charge in [-0.2, -0.15) is 0 Å². The van der Waals surface area contributed by atoms with Gasteiger partial charge in [-0.15, -0.1) is 0 Å². The van der Waals surface area contributed by atoms with Crippen LogP contribution < -0.4 is 5.32 Å². The number of hydrogen-bond donors (Lipinski definition) is 1. The number of nitrogens with zero attached hydrogens (tertiary/aromatic N) is 3. The molecule has 0 spiro atoms. The van der Waals surface area contributed by atoms with Crippen molar-refractivity contribution in [3.8, 4) is 0 Å². The lowest BCUT2D eigenvalue weighted by atomic mass is 9.94. The van der Waals surface area contributed by atoms with E-state index >= 15 is 0 Å².